The summed E-state index contributed by atoms with van der Waals surface area (Å²) < 4.78 is 5.50. The standard InChI is InChI=1S/C12H14ClNO/c1-3-11(14-4-2)9-15-12-7-5-6-10(13)8-12/h1,5-8,11,14H,4,9H2,2H3. The van der Waals surface area contributed by atoms with Gasteiger partial charge in [0.05, 0.1) is 0 Å². The van der Waals surface area contributed by atoms with E-state index in [9.17, 15) is 0 Å². The number of rotatable bonds is 5. The quantitative estimate of drug-likeness (QED) is 0.774. The fourth-order valence-electron chi connectivity index (χ4n) is 1.15. The summed E-state index contributed by atoms with van der Waals surface area (Å²) in [4.78, 5) is 0. The molecule has 0 aliphatic rings. The van der Waals surface area contributed by atoms with Crippen molar-refractivity contribution >= 4 is 11.6 Å². The van der Waals surface area contributed by atoms with Gasteiger partial charge in [-0.15, -0.1) is 6.42 Å². The Balaban J connectivity index is 2.46. The van der Waals surface area contributed by atoms with Crippen molar-refractivity contribution in [2.45, 2.75) is 13.0 Å². The Bertz CT molecular complexity index is 346. The minimum absolute atomic E-state index is 0.0611. The van der Waals surface area contributed by atoms with Crippen LogP contribution < -0.4 is 10.1 Å². The molecular weight excluding hydrogens is 210 g/mol. The molecule has 0 spiro atoms. The summed E-state index contributed by atoms with van der Waals surface area (Å²) in [6, 6.07) is 7.20. The normalized spacial score (nSPS) is 11.8. The predicted molar refractivity (Wildman–Crippen MR) is 63.2 cm³/mol. The summed E-state index contributed by atoms with van der Waals surface area (Å²) in [7, 11) is 0. The first kappa shape index (κ1) is 11.9. The third-order valence-electron chi connectivity index (χ3n) is 1.86. The largest absolute Gasteiger partial charge is 0.491 e. The molecule has 3 heteroatoms. The molecule has 0 heterocycles. The highest BCUT2D eigenvalue weighted by molar-refractivity contribution is 6.30. The number of likely N-dealkylation sites (N-methyl/N-ethyl adjacent to an activating group) is 1. The summed E-state index contributed by atoms with van der Waals surface area (Å²) in [6.07, 6.45) is 5.33. The second-order valence-corrected chi connectivity index (χ2v) is 3.48. The topological polar surface area (TPSA) is 21.3 Å². The molecule has 1 aromatic rings. The lowest BCUT2D eigenvalue weighted by molar-refractivity contribution is 0.292. The van der Waals surface area contributed by atoms with Crippen LogP contribution in [0, 0.1) is 12.3 Å². The second kappa shape index (κ2) is 6.34. The summed E-state index contributed by atoms with van der Waals surface area (Å²) in [5, 5.41) is 3.78. The van der Waals surface area contributed by atoms with Crippen LogP contribution in [0.15, 0.2) is 24.3 Å². The average molecular weight is 224 g/mol. The van der Waals surface area contributed by atoms with E-state index in [0.717, 1.165) is 12.3 Å². The maximum absolute atomic E-state index is 5.82. The van der Waals surface area contributed by atoms with E-state index in [1.807, 2.05) is 19.1 Å². The second-order valence-electron chi connectivity index (χ2n) is 3.05. The summed E-state index contributed by atoms with van der Waals surface area (Å²) >= 11 is 5.82. The lowest BCUT2D eigenvalue weighted by Gasteiger charge is -2.12. The monoisotopic (exact) mass is 223 g/mol. The Morgan fingerprint density at radius 2 is 2.40 bits per heavy atom. The van der Waals surface area contributed by atoms with Crippen LogP contribution in [0.3, 0.4) is 0 Å². The highest BCUT2D eigenvalue weighted by Crippen LogP contribution is 2.16. The molecule has 1 atom stereocenters. The molecule has 0 aromatic heterocycles. The number of nitrogens with one attached hydrogen (secondary N) is 1. The van der Waals surface area contributed by atoms with Crippen molar-refractivity contribution in [1.29, 1.82) is 0 Å². The van der Waals surface area contributed by atoms with Crippen molar-refractivity contribution in [1.82, 2.24) is 5.32 Å². The first-order valence-corrected chi connectivity index (χ1v) is 5.22. The summed E-state index contributed by atoms with van der Waals surface area (Å²) in [5.41, 5.74) is 0. The molecule has 1 N–H and O–H groups in total. The van der Waals surface area contributed by atoms with Gasteiger partial charge in [-0.2, -0.15) is 0 Å². The van der Waals surface area contributed by atoms with Crippen molar-refractivity contribution in [2.24, 2.45) is 0 Å². The lowest BCUT2D eigenvalue weighted by atomic mass is 10.3. The molecule has 0 amide bonds. The molecule has 0 aliphatic heterocycles. The van der Waals surface area contributed by atoms with Crippen LogP contribution in [-0.2, 0) is 0 Å². The molecule has 2 nitrogen and oxygen atoms in total. The van der Waals surface area contributed by atoms with Gasteiger partial charge in [-0.3, -0.25) is 0 Å². The van der Waals surface area contributed by atoms with Crippen LogP contribution in [0.25, 0.3) is 0 Å². The number of halogens is 1. The Hall–Kier alpha value is -1.17. The van der Waals surface area contributed by atoms with Crippen molar-refractivity contribution in [3.05, 3.63) is 29.3 Å². The van der Waals surface area contributed by atoms with Crippen LogP contribution in [0.1, 0.15) is 6.92 Å². The molecule has 15 heavy (non-hydrogen) atoms. The zero-order valence-corrected chi connectivity index (χ0v) is 9.42. The predicted octanol–water partition coefficient (Wildman–Crippen LogP) is 2.33. The van der Waals surface area contributed by atoms with Crippen LogP contribution in [0.2, 0.25) is 5.02 Å². The SMILES string of the molecule is C#CC(COc1cccc(Cl)c1)NCC. The number of hydrogen-bond acceptors (Lipinski definition) is 2. The minimum Gasteiger partial charge on any atom is -0.491 e. The van der Waals surface area contributed by atoms with Gasteiger partial charge in [-0.1, -0.05) is 30.5 Å². The Morgan fingerprint density at radius 3 is 3.00 bits per heavy atom. The molecule has 0 aliphatic carbocycles. The van der Waals surface area contributed by atoms with Crippen molar-refractivity contribution < 1.29 is 4.74 Å². The molecule has 80 valence electrons. The van der Waals surface area contributed by atoms with E-state index in [1.165, 1.54) is 0 Å². The van der Waals surface area contributed by atoms with Gasteiger partial charge in [-0.25, -0.2) is 0 Å². The van der Waals surface area contributed by atoms with Gasteiger partial charge in [0.2, 0.25) is 0 Å². The van der Waals surface area contributed by atoms with Gasteiger partial charge >= 0.3 is 0 Å². The zero-order chi connectivity index (χ0) is 11.1. The fraction of sp³-hybridized carbons (Fsp3) is 0.333. The maximum Gasteiger partial charge on any atom is 0.120 e. The Kier molecular flexibility index (Phi) is 5.03. The van der Waals surface area contributed by atoms with E-state index in [2.05, 4.69) is 11.2 Å². The Morgan fingerprint density at radius 1 is 1.60 bits per heavy atom. The Labute approximate surface area is 95.6 Å². The zero-order valence-electron chi connectivity index (χ0n) is 8.66. The van der Waals surface area contributed by atoms with Crippen molar-refractivity contribution in [2.75, 3.05) is 13.2 Å². The highest BCUT2D eigenvalue weighted by Gasteiger charge is 2.03. The average Bonchev–Trinajstić information content (AvgIpc) is 2.24. The van der Waals surface area contributed by atoms with Gasteiger partial charge in [0.1, 0.15) is 18.4 Å². The van der Waals surface area contributed by atoms with Crippen molar-refractivity contribution in [3.8, 4) is 18.1 Å². The van der Waals surface area contributed by atoms with E-state index >= 15 is 0 Å². The summed E-state index contributed by atoms with van der Waals surface area (Å²) in [6.45, 7) is 3.28. The third kappa shape index (κ3) is 4.24. The van der Waals surface area contributed by atoms with Gasteiger partial charge in [0.15, 0.2) is 0 Å². The van der Waals surface area contributed by atoms with E-state index in [4.69, 9.17) is 22.8 Å². The molecule has 1 rings (SSSR count). The van der Waals surface area contributed by atoms with Gasteiger partial charge in [-0.05, 0) is 24.7 Å². The number of terminal acetylenes is 1. The molecule has 0 saturated carbocycles. The molecule has 1 unspecified atom stereocenters. The lowest BCUT2D eigenvalue weighted by Crippen LogP contribution is -2.32. The van der Waals surface area contributed by atoms with Crippen molar-refractivity contribution in [3.63, 3.8) is 0 Å². The van der Waals surface area contributed by atoms with Gasteiger partial charge in [0, 0.05) is 5.02 Å². The van der Waals surface area contributed by atoms with Gasteiger partial charge in [0.25, 0.3) is 0 Å². The molecule has 1 aromatic carbocycles. The first-order valence-electron chi connectivity index (χ1n) is 4.84. The van der Waals surface area contributed by atoms with Crippen LogP contribution >= 0.6 is 11.6 Å². The maximum atomic E-state index is 5.82. The van der Waals surface area contributed by atoms with Crippen LogP contribution in [-0.4, -0.2) is 19.2 Å². The van der Waals surface area contributed by atoms with E-state index in [-0.39, 0.29) is 6.04 Å². The molecule has 0 fully saturated rings. The first-order chi connectivity index (χ1) is 7.26. The van der Waals surface area contributed by atoms with Crippen LogP contribution in [0.5, 0.6) is 5.75 Å². The smallest absolute Gasteiger partial charge is 0.120 e. The number of ether oxygens (including phenoxy) is 1. The number of hydrogen-bond donors (Lipinski definition) is 1. The summed E-state index contributed by atoms with van der Waals surface area (Å²) in [5.74, 6) is 3.36. The molecular formula is C12H14ClNO. The molecule has 0 bridgehead atoms. The minimum atomic E-state index is -0.0611. The fourth-order valence-corrected chi connectivity index (χ4v) is 1.33. The molecule has 0 radical (unpaired) electrons. The third-order valence-corrected chi connectivity index (χ3v) is 2.10. The number of benzene rings is 1. The van der Waals surface area contributed by atoms with E-state index in [1.54, 1.807) is 12.1 Å². The van der Waals surface area contributed by atoms with E-state index in [0.29, 0.717) is 11.6 Å². The van der Waals surface area contributed by atoms with E-state index < -0.39 is 0 Å². The molecule has 0 saturated heterocycles. The van der Waals surface area contributed by atoms with Crippen LogP contribution in [0.4, 0.5) is 0 Å². The highest BCUT2D eigenvalue weighted by atomic mass is 35.5. The van der Waals surface area contributed by atoms with Gasteiger partial charge < -0.3 is 10.1 Å².